The Labute approximate surface area is 140 Å². The molecule has 0 N–H and O–H groups in total. The molecule has 1 aromatic carbocycles. The first kappa shape index (κ1) is 14.9. The molecule has 3 aromatic rings. The zero-order valence-corrected chi connectivity index (χ0v) is 13.4. The van der Waals surface area contributed by atoms with Crippen LogP contribution in [0.25, 0.3) is 10.9 Å². The molecule has 1 atom stereocenters. The van der Waals surface area contributed by atoms with Crippen molar-refractivity contribution in [3.05, 3.63) is 60.4 Å². The molecule has 1 amide bonds. The Hall–Kier alpha value is -2.69. The molecule has 1 fully saturated rings. The van der Waals surface area contributed by atoms with Gasteiger partial charge >= 0.3 is 0 Å². The van der Waals surface area contributed by atoms with Gasteiger partial charge in [0.25, 0.3) is 5.91 Å². The smallest absolute Gasteiger partial charge is 0.291 e. The van der Waals surface area contributed by atoms with Crippen LogP contribution in [0.1, 0.15) is 29.0 Å². The van der Waals surface area contributed by atoms with Gasteiger partial charge in [0.2, 0.25) is 5.76 Å². The van der Waals surface area contributed by atoms with Crippen LogP contribution < -0.4 is 0 Å². The molecule has 5 nitrogen and oxygen atoms in total. The number of pyridine rings is 1. The number of hydrogen-bond donors (Lipinski definition) is 0. The lowest BCUT2D eigenvalue weighted by molar-refractivity contribution is 0.0641. The predicted molar refractivity (Wildman–Crippen MR) is 90.6 cm³/mol. The minimum absolute atomic E-state index is 0.0618. The molecule has 122 valence electrons. The van der Waals surface area contributed by atoms with Crippen molar-refractivity contribution >= 4 is 16.8 Å². The molecule has 3 heterocycles. The average molecular weight is 321 g/mol. The molecular weight excluding hydrogens is 302 g/mol. The van der Waals surface area contributed by atoms with Crippen LogP contribution in [0.2, 0.25) is 0 Å². The summed E-state index contributed by atoms with van der Waals surface area (Å²) in [6.45, 7) is 1.53. The molecule has 0 bridgehead atoms. The highest BCUT2D eigenvalue weighted by Crippen LogP contribution is 2.25. The summed E-state index contributed by atoms with van der Waals surface area (Å²) in [4.78, 5) is 22.7. The molecule has 2 aromatic heterocycles. The van der Waals surface area contributed by atoms with Crippen molar-refractivity contribution in [2.75, 3.05) is 13.1 Å². The molecule has 0 radical (unpaired) electrons. The molecular formula is C19H19N3O2. The number of carbonyl (C=O) groups excluding carboxylic acids is 1. The Bertz CT molecular complexity index is 839. The number of benzene rings is 1. The Morgan fingerprint density at radius 3 is 3.08 bits per heavy atom. The van der Waals surface area contributed by atoms with E-state index in [1.807, 2.05) is 17.2 Å². The molecule has 1 aliphatic rings. The van der Waals surface area contributed by atoms with Gasteiger partial charge in [0, 0.05) is 24.7 Å². The van der Waals surface area contributed by atoms with E-state index in [2.05, 4.69) is 34.2 Å². The van der Waals surface area contributed by atoms with Crippen molar-refractivity contribution in [3.63, 3.8) is 0 Å². The van der Waals surface area contributed by atoms with Crippen LogP contribution in [0.3, 0.4) is 0 Å². The van der Waals surface area contributed by atoms with Gasteiger partial charge in [0.05, 0.1) is 11.7 Å². The number of fused-ring (bicyclic) bond motifs is 1. The summed E-state index contributed by atoms with van der Waals surface area (Å²) in [6.07, 6.45) is 7.71. The number of aromatic nitrogens is 2. The Morgan fingerprint density at radius 2 is 2.21 bits per heavy atom. The van der Waals surface area contributed by atoms with Crippen LogP contribution in [0.5, 0.6) is 0 Å². The fraction of sp³-hybridized carbons (Fsp3) is 0.316. The van der Waals surface area contributed by atoms with Crippen molar-refractivity contribution in [1.29, 1.82) is 0 Å². The fourth-order valence-corrected chi connectivity index (χ4v) is 3.54. The van der Waals surface area contributed by atoms with Crippen LogP contribution in [0.4, 0.5) is 0 Å². The second-order valence-corrected chi connectivity index (χ2v) is 6.32. The van der Waals surface area contributed by atoms with E-state index >= 15 is 0 Å². The summed E-state index contributed by atoms with van der Waals surface area (Å²) in [7, 11) is 0. The first-order valence-corrected chi connectivity index (χ1v) is 8.31. The highest BCUT2D eigenvalue weighted by molar-refractivity contribution is 5.91. The average Bonchev–Trinajstić information content (AvgIpc) is 3.16. The summed E-state index contributed by atoms with van der Waals surface area (Å²) >= 11 is 0. The second kappa shape index (κ2) is 6.43. The molecule has 0 unspecified atom stereocenters. The maximum atomic E-state index is 12.5. The molecule has 0 spiro atoms. The van der Waals surface area contributed by atoms with E-state index in [1.54, 1.807) is 0 Å². The summed E-state index contributed by atoms with van der Waals surface area (Å²) in [5, 5.41) is 1.17. The number of para-hydroxylation sites is 1. The Morgan fingerprint density at radius 1 is 1.29 bits per heavy atom. The monoisotopic (exact) mass is 321 g/mol. The zero-order chi connectivity index (χ0) is 16.4. The number of hydrogen-bond acceptors (Lipinski definition) is 4. The third kappa shape index (κ3) is 2.89. The highest BCUT2D eigenvalue weighted by atomic mass is 16.3. The largest absolute Gasteiger partial charge is 0.438 e. The summed E-state index contributed by atoms with van der Waals surface area (Å²) in [5.41, 5.74) is 2.32. The standard InChI is InChI=1S/C19H19N3O2/c23-19(17-11-20-13-24-17)22-9-3-4-14(12-22)10-16-6-1-5-15-7-2-8-21-18(15)16/h1-2,5-8,11,13-14H,3-4,9-10,12H2/t14-/m1/s1. The second-order valence-electron chi connectivity index (χ2n) is 6.32. The van der Waals surface area contributed by atoms with Crippen LogP contribution in [0.15, 0.2) is 53.5 Å². The maximum Gasteiger partial charge on any atom is 0.291 e. The van der Waals surface area contributed by atoms with Gasteiger partial charge in [0.1, 0.15) is 0 Å². The minimum atomic E-state index is -0.0618. The lowest BCUT2D eigenvalue weighted by Crippen LogP contribution is -2.40. The maximum absolute atomic E-state index is 12.5. The summed E-state index contributed by atoms with van der Waals surface area (Å²) < 4.78 is 5.15. The first-order valence-electron chi connectivity index (χ1n) is 8.31. The third-order valence-corrected chi connectivity index (χ3v) is 4.67. The SMILES string of the molecule is O=C(c1cnco1)N1CCC[C@H](Cc2cccc3cccnc23)C1. The molecule has 24 heavy (non-hydrogen) atoms. The number of rotatable bonds is 3. The molecule has 0 saturated carbocycles. The minimum Gasteiger partial charge on any atom is -0.438 e. The van der Waals surface area contributed by atoms with Gasteiger partial charge in [0.15, 0.2) is 6.39 Å². The van der Waals surface area contributed by atoms with Crippen LogP contribution in [-0.2, 0) is 6.42 Å². The van der Waals surface area contributed by atoms with E-state index in [1.165, 1.54) is 23.5 Å². The summed E-state index contributed by atoms with van der Waals surface area (Å²) in [5.74, 6) is 0.703. The van der Waals surface area contributed by atoms with Crippen molar-refractivity contribution in [2.45, 2.75) is 19.3 Å². The van der Waals surface area contributed by atoms with Gasteiger partial charge in [-0.25, -0.2) is 4.98 Å². The van der Waals surface area contributed by atoms with E-state index in [9.17, 15) is 4.79 Å². The molecule has 1 saturated heterocycles. The molecule has 0 aliphatic carbocycles. The number of amides is 1. The topological polar surface area (TPSA) is 59.2 Å². The van der Waals surface area contributed by atoms with Crippen molar-refractivity contribution in [2.24, 2.45) is 5.92 Å². The third-order valence-electron chi connectivity index (χ3n) is 4.67. The zero-order valence-electron chi connectivity index (χ0n) is 13.4. The van der Waals surface area contributed by atoms with E-state index in [-0.39, 0.29) is 5.91 Å². The molecule has 1 aliphatic heterocycles. The normalized spacial score (nSPS) is 18.0. The van der Waals surface area contributed by atoms with Crippen LogP contribution in [-0.4, -0.2) is 33.9 Å². The quantitative estimate of drug-likeness (QED) is 0.742. The van der Waals surface area contributed by atoms with E-state index in [0.29, 0.717) is 11.7 Å². The van der Waals surface area contributed by atoms with Gasteiger partial charge in [-0.1, -0.05) is 24.3 Å². The summed E-state index contributed by atoms with van der Waals surface area (Å²) in [6, 6.07) is 10.4. The predicted octanol–water partition coefficient (Wildman–Crippen LogP) is 3.32. The lowest BCUT2D eigenvalue weighted by atomic mass is 9.90. The number of piperidine rings is 1. The van der Waals surface area contributed by atoms with Gasteiger partial charge in [-0.05, 0) is 36.8 Å². The van der Waals surface area contributed by atoms with E-state index in [4.69, 9.17) is 4.42 Å². The van der Waals surface area contributed by atoms with Crippen molar-refractivity contribution < 1.29 is 9.21 Å². The molecule has 4 rings (SSSR count). The highest BCUT2D eigenvalue weighted by Gasteiger charge is 2.26. The Kier molecular flexibility index (Phi) is 3.99. The van der Waals surface area contributed by atoms with Crippen LogP contribution >= 0.6 is 0 Å². The lowest BCUT2D eigenvalue weighted by Gasteiger charge is -2.32. The van der Waals surface area contributed by atoms with E-state index < -0.39 is 0 Å². The van der Waals surface area contributed by atoms with Gasteiger partial charge in [-0.3, -0.25) is 9.78 Å². The van der Waals surface area contributed by atoms with Crippen molar-refractivity contribution in [3.8, 4) is 0 Å². The van der Waals surface area contributed by atoms with Gasteiger partial charge in [-0.2, -0.15) is 0 Å². The fourth-order valence-electron chi connectivity index (χ4n) is 3.54. The van der Waals surface area contributed by atoms with Crippen LogP contribution in [0, 0.1) is 5.92 Å². The molecule has 5 heteroatoms. The van der Waals surface area contributed by atoms with Gasteiger partial charge in [-0.15, -0.1) is 0 Å². The number of carbonyl (C=O) groups is 1. The number of oxazole rings is 1. The Balaban J connectivity index is 1.51. The first-order chi connectivity index (χ1) is 11.8. The number of likely N-dealkylation sites (tertiary alicyclic amines) is 1. The van der Waals surface area contributed by atoms with Crippen molar-refractivity contribution in [1.82, 2.24) is 14.9 Å². The number of nitrogens with zero attached hydrogens (tertiary/aromatic N) is 3. The van der Waals surface area contributed by atoms with Gasteiger partial charge < -0.3 is 9.32 Å². The van der Waals surface area contributed by atoms with E-state index in [0.717, 1.165) is 37.9 Å².